The van der Waals surface area contributed by atoms with Crippen molar-refractivity contribution in [1.82, 2.24) is 4.57 Å². The van der Waals surface area contributed by atoms with Gasteiger partial charge in [-0.05, 0) is 25.1 Å². The topological polar surface area (TPSA) is 48.0 Å². The van der Waals surface area contributed by atoms with Gasteiger partial charge in [0.2, 0.25) is 0 Å². The van der Waals surface area contributed by atoms with E-state index >= 15 is 0 Å². The Balaban J connectivity index is 2.61. The van der Waals surface area contributed by atoms with Crippen LogP contribution in [0.4, 0.5) is 4.39 Å². The molecule has 1 aromatic heterocycles. The zero-order valence-corrected chi connectivity index (χ0v) is 9.70. The Morgan fingerprint density at radius 3 is 2.59 bits per heavy atom. The number of carbonyl (C=O) groups is 1. The number of hydrogen-bond donors (Lipinski definition) is 1. The van der Waals surface area contributed by atoms with Gasteiger partial charge in [0.25, 0.3) is 5.91 Å². The fourth-order valence-corrected chi connectivity index (χ4v) is 1.87. The molecule has 17 heavy (non-hydrogen) atoms. The Morgan fingerprint density at radius 2 is 2.06 bits per heavy atom. The maximum atomic E-state index is 13.1. The Bertz CT molecular complexity index is 587. The first-order chi connectivity index (χ1) is 8.00. The molecular weight excluding hydrogens is 219 g/mol. The molecule has 2 aromatic rings. The van der Waals surface area contributed by atoms with Gasteiger partial charge >= 0.3 is 0 Å². The fourth-order valence-electron chi connectivity index (χ4n) is 1.87. The highest BCUT2D eigenvalue weighted by Gasteiger charge is 2.14. The third kappa shape index (κ3) is 1.93. The molecule has 0 spiro atoms. The van der Waals surface area contributed by atoms with Gasteiger partial charge in [0.1, 0.15) is 5.82 Å². The number of halogens is 1. The number of aromatic nitrogens is 1. The summed E-state index contributed by atoms with van der Waals surface area (Å²) in [4.78, 5) is 11.2. The number of primary amides is 1. The van der Waals surface area contributed by atoms with Gasteiger partial charge in [0.15, 0.2) is 0 Å². The van der Waals surface area contributed by atoms with Crippen LogP contribution in [-0.4, -0.2) is 10.5 Å². The quantitative estimate of drug-likeness (QED) is 0.848. The summed E-state index contributed by atoms with van der Waals surface area (Å²) in [5, 5.41) is 0. The lowest BCUT2D eigenvalue weighted by molar-refractivity contribution is 0.0999. The van der Waals surface area contributed by atoms with Crippen molar-refractivity contribution < 1.29 is 9.18 Å². The summed E-state index contributed by atoms with van der Waals surface area (Å²) in [5.74, 6) is -0.775. The number of rotatable bonds is 2. The summed E-state index contributed by atoms with van der Waals surface area (Å²) >= 11 is 0. The average Bonchev–Trinajstić information content (AvgIpc) is 2.56. The summed E-state index contributed by atoms with van der Waals surface area (Å²) in [6.07, 6.45) is 0. The SMILES string of the molecule is Cc1c(C(N)=O)cc(-c2cccc(F)c2)n1C. The van der Waals surface area contributed by atoms with Crippen molar-refractivity contribution in [2.24, 2.45) is 12.8 Å². The predicted molar refractivity (Wildman–Crippen MR) is 64.1 cm³/mol. The van der Waals surface area contributed by atoms with E-state index in [-0.39, 0.29) is 5.82 Å². The Kier molecular flexibility index (Phi) is 2.71. The van der Waals surface area contributed by atoms with Crippen molar-refractivity contribution in [3.8, 4) is 11.3 Å². The first-order valence-corrected chi connectivity index (χ1v) is 5.22. The van der Waals surface area contributed by atoms with E-state index in [1.165, 1.54) is 12.1 Å². The van der Waals surface area contributed by atoms with E-state index in [9.17, 15) is 9.18 Å². The van der Waals surface area contributed by atoms with Gasteiger partial charge in [0.05, 0.1) is 5.56 Å². The van der Waals surface area contributed by atoms with Crippen LogP contribution in [0.2, 0.25) is 0 Å². The lowest BCUT2D eigenvalue weighted by Gasteiger charge is -2.05. The van der Waals surface area contributed by atoms with Crippen LogP contribution in [0.1, 0.15) is 16.1 Å². The van der Waals surface area contributed by atoms with Crippen LogP contribution in [0.5, 0.6) is 0 Å². The van der Waals surface area contributed by atoms with Crippen molar-refractivity contribution in [3.05, 3.63) is 47.4 Å². The smallest absolute Gasteiger partial charge is 0.250 e. The predicted octanol–water partition coefficient (Wildman–Crippen LogP) is 2.24. The summed E-state index contributed by atoms with van der Waals surface area (Å²) in [6, 6.07) is 7.93. The summed E-state index contributed by atoms with van der Waals surface area (Å²) in [5.41, 5.74) is 8.02. The molecule has 0 unspecified atom stereocenters. The monoisotopic (exact) mass is 232 g/mol. The minimum Gasteiger partial charge on any atom is -0.366 e. The highest BCUT2D eigenvalue weighted by molar-refractivity contribution is 5.95. The Morgan fingerprint density at radius 1 is 1.35 bits per heavy atom. The van der Waals surface area contributed by atoms with E-state index in [0.717, 1.165) is 17.0 Å². The van der Waals surface area contributed by atoms with E-state index in [2.05, 4.69) is 0 Å². The van der Waals surface area contributed by atoms with Crippen LogP contribution < -0.4 is 5.73 Å². The van der Waals surface area contributed by atoms with Gasteiger partial charge in [-0.15, -0.1) is 0 Å². The van der Waals surface area contributed by atoms with Crippen LogP contribution in [0.25, 0.3) is 11.3 Å². The van der Waals surface area contributed by atoms with E-state index in [0.29, 0.717) is 5.56 Å². The zero-order valence-electron chi connectivity index (χ0n) is 9.70. The average molecular weight is 232 g/mol. The maximum Gasteiger partial charge on any atom is 0.250 e. The molecule has 0 aliphatic heterocycles. The normalized spacial score (nSPS) is 10.5. The Hall–Kier alpha value is -2.10. The molecule has 88 valence electrons. The largest absolute Gasteiger partial charge is 0.366 e. The molecule has 0 aliphatic rings. The first kappa shape index (κ1) is 11.4. The minimum absolute atomic E-state index is 0.304. The van der Waals surface area contributed by atoms with Crippen molar-refractivity contribution in [1.29, 1.82) is 0 Å². The van der Waals surface area contributed by atoms with E-state index in [1.54, 1.807) is 18.2 Å². The van der Waals surface area contributed by atoms with Crippen molar-refractivity contribution in [2.45, 2.75) is 6.92 Å². The van der Waals surface area contributed by atoms with Crippen LogP contribution in [0.3, 0.4) is 0 Å². The maximum absolute atomic E-state index is 13.1. The van der Waals surface area contributed by atoms with Gasteiger partial charge in [-0.2, -0.15) is 0 Å². The highest BCUT2D eigenvalue weighted by atomic mass is 19.1. The molecule has 0 saturated carbocycles. The number of nitrogens with two attached hydrogens (primary N) is 1. The van der Waals surface area contributed by atoms with Gasteiger partial charge in [-0.1, -0.05) is 12.1 Å². The molecule has 2 N–H and O–H groups in total. The lowest BCUT2D eigenvalue weighted by atomic mass is 10.1. The van der Waals surface area contributed by atoms with Gasteiger partial charge < -0.3 is 10.3 Å². The highest BCUT2D eigenvalue weighted by Crippen LogP contribution is 2.25. The number of amides is 1. The van der Waals surface area contributed by atoms with Crippen molar-refractivity contribution in [2.75, 3.05) is 0 Å². The molecule has 4 heteroatoms. The molecule has 0 fully saturated rings. The molecule has 1 heterocycles. The molecule has 1 aromatic carbocycles. The number of carbonyl (C=O) groups excluding carboxylic acids is 1. The van der Waals surface area contributed by atoms with Crippen LogP contribution in [0.15, 0.2) is 30.3 Å². The molecule has 0 saturated heterocycles. The first-order valence-electron chi connectivity index (χ1n) is 5.22. The van der Waals surface area contributed by atoms with E-state index in [1.807, 2.05) is 18.5 Å². The van der Waals surface area contributed by atoms with E-state index < -0.39 is 5.91 Å². The van der Waals surface area contributed by atoms with Gasteiger partial charge in [0, 0.05) is 24.0 Å². The van der Waals surface area contributed by atoms with Crippen molar-refractivity contribution in [3.63, 3.8) is 0 Å². The van der Waals surface area contributed by atoms with Crippen LogP contribution >= 0.6 is 0 Å². The zero-order chi connectivity index (χ0) is 12.6. The fraction of sp³-hybridized carbons (Fsp3) is 0.154. The number of hydrogen-bond acceptors (Lipinski definition) is 1. The summed E-state index contributed by atoms with van der Waals surface area (Å²) in [7, 11) is 1.82. The van der Waals surface area contributed by atoms with Gasteiger partial charge in [-0.3, -0.25) is 4.79 Å². The lowest BCUT2D eigenvalue weighted by Crippen LogP contribution is -2.11. The Labute approximate surface area is 98.7 Å². The van der Waals surface area contributed by atoms with Crippen LogP contribution in [0, 0.1) is 12.7 Å². The second-order valence-corrected chi connectivity index (χ2v) is 3.96. The molecule has 0 atom stereocenters. The summed E-state index contributed by atoms with van der Waals surface area (Å²) in [6.45, 7) is 1.81. The molecule has 0 bridgehead atoms. The summed E-state index contributed by atoms with van der Waals surface area (Å²) < 4.78 is 15.0. The third-order valence-electron chi connectivity index (χ3n) is 2.92. The second kappa shape index (κ2) is 4.05. The minimum atomic E-state index is -0.472. The molecule has 0 radical (unpaired) electrons. The number of benzene rings is 1. The molecular formula is C13H13FN2O. The standard InChI is InChI=1S/C13H13FN2O/c1-8-11(13(15)17)7-12(16(8)2)9-4-3-5-10(14)6-9/h3-7H,1-2H3,(H2,15,17). The third-order valence-corrected chi connectivity index (χ3v) is 2.92. The second-order valence-electron chi connectivity index (χ2n) is 3.96. The number of nitrogens with zero attached hydrogens (tertiary/aromatic N) is 1. The molecule has 1 amide bonds. The van der Waals surface area contributed by atoms with Gasteiger partial charge in [-0.25, -0.2) is 4.39 Å². The van der Waals surface area contributed by atoms with Crippen molar-refractivity contribution >= 4 is 5.91 Å². The molecule has 0 aliphatic carbocycles. The van der Waals surface area contributed by atoms with E-state index in [4.69, 9.17) is 5.73 Å². The van der Waals surface area contributed by atoms with Crippen LogP contribution in [-0.2, 0) is 7.05 Å². The molecule has 3 nitrogen and oxygen atoms in total. The molecule has 2 rings (SSSR count).